The molecule has 0 spiro atoms. The second kappa shape index (κ2) is 5.46. The molecule has 3 heteroatoms. The van der Waals surface area contributed by atoms with Gasteiger partial charge < -0.3 is 9.84 Å². The third kappa shape index (κ3) is 3.29. The average Bonchev–Trinajstić information content (AvgIpc) is 2.38. The van der Waals surface area contributed by atoms with E-state index >= 15 is 0 Å². The fourth-order valence-corrected chi connectivity index (χ4v) is 1.49. The van der Waals surface area contributed by atoms with Crippen molar-refractivity contribution in [3.05, 3.63) is 59.9 Å². The Kier molecular flexibility index (Phi) is 3.73. The number of rotatable bonds is 4. The number of ether oxygens (including phenoxy) is 1. The molecule has 1 atom stereocenters. The van der Waals surface area contributed by atoms with E-state index in [-0.39, 0.29) is 0 Å². The van der Waals surface area contributed by atoms with E-state index in [1.165, 1.54) is 0 Å². The molecule has 1 N–H and O–H groups in total. The summed E-state index contributed by atoms with van der Waals surface area (Å²) >= 11 is 0. The summed E-state index contributed by atoms with van der Waals surface area (Å²) in [6, 6.07) is 11.3. The lowest BCUT2D eigenvalue weighted by molar-refractivity contribution is 0.199. The first-order valence-electron chi connectivity index (χ1n) is 5.55. The fraction of sp³-hybridized carbons (Fsp3) is 0.214. The van der Waals surface area contributed by atoms with Gasteiger partial charge in [-0.3, -0.25) is 4.98 Å². The second-order valence-electron chi connectivity index (χ2n) is 3.89. The summed E-state index contributed by atoms with van der Waals surface area (Å²) in [5.74, 6) is 0.797. The van der Waals surface area contributed by atoms with Crippen molar-refractivity contribution in [1.82, 2.24) is 4.98 Å². The first kappa shape index (κ1) is 11.6. The largest absolute Gasteiger partial charge is 0.489 e. The van der Waals surface area contributed by atoms with Gasteiger partial charge in [-0.1, -0.05) is 12.1 Å². The molecule has 0 aliphatic carbocycles. The van der Waals surface area contributed by atoms with Crippen LogP contribution < -0.4 is 4.74 Å². The molecule has 88 valence electrons. The number of hydrogen-bond acceptors (Lipinski definition) is 3. The van der Waals surface area contributed by atoms with Crippen molar-refractivity contribution in [2.75, 3.05) is 0 Å². The van der Waals surface area contributed by atoms with Crippen molar-refractivity contribution < 1.29 is 9.84 Å². The maximum Gasteiger partial charge on any atom is 0.119 e. The lowest BCUT2D eigenvalue weighted by atomic mass is 10.1. The minimum absolute atomic E-state index is 0.441. The van der Waals surface area contributed by atoms with Gasteiger partial charge in [0.25, 0.3) is 0 Å². The number of benzene rings is 1. The summed E-state index contributed by atoms with van der Waals surface area (Å²) < 4.78 is 5.62. The lowest BCUT2D eigenvalue weighted by Gasteiger charge is -2.08. The Labute approximate surface area is 101 Å². The van der Waals surface area contributed by atoms with Crippen LogP contribution in [0, 0.1) is 0 Å². The van der Waals surface area contributed by atoms with E-state index < -0.39 is 6.10 Å². The van der Waals surface area contributed by atoms with Crippen molar-refractivity contribution >= 4 is 0 Å². The van der Waals surface area contributed by atoms with Crippen LogP contribution in [0.3, 0.4) is 0 Å². The molecule has 3 nitrogen and oxygen atoms in total. The molecule has 17 heavy (non-hydrogen) atoms. The van der Waals surface area contributed by atoms with Gasteiger partial charge in [0.15, 0.2) is 0 Å². The highest BCUT2D eigenvalue weighted by atomic mass is 16.5. The third-order valence-corrected chi connectivity index (χ3v) is 2.52. The molecular formula is C14H15NO2. The molecule has 0 saturated carbocycles. The first-order chi connectivity index (χ1) is 8.25. The molecule has 0 amide bonds. The molecule has 0 aliphatic rings. The number of pyridine rings is 1. The highest BCUT2D eigenvalue weighted by Gasteiger charge is 2.00. The SMILES string of the molecule is C[C@H](O)c1ccc(OCc2ccncc2)cc1. The molecule has 0 saturated heterocycles. The summed E-state index contributed by atoms with van der Waals surface area (Å²) in [5.41, 5.74) is 1.97. The van der Waals surface area contributed by atoms with Crippen molar-refractivity contribution in [2.24, 2.45) is 0 Å². The fourth-order valence-electron chi connectivity index (χ4n) is 1.49. The van der Waals surface area contributed by atoms with Gasteiger partial charge in [0, 0.05) is 12.4 Å². The van der Waals surface area contributed by atoms with Gasteiger partial charge in [0.05, 0.1) is 6.10 Å². The molecule has 0 fully saturated rings. The molecule has 0 unspecified atom stereocenters. The molecule has 0 radical (unpaired) electrons. The van der Waals surface area contributed by atoms with Gasteiger partial charge in [-0.05, 0) is 42.3 Å². The summed E-state index contributed by atoms with van der Waals surface area (Å²) in [6.45, 7) is 2.27. The number of aliphatic hydroxyl groups is 1. The molecule has 0 bridgehead atoms. The average molecular weight is 229 g/mol. The highest BCUT2D eigenvalue weighted by Crippen LogP contribution is 2.18. The number of aromatic nitrogens is 1. The zero-order chi connectivity index (χ0) is 12.1. The monoisotopic (exact) mass is 229 g/mol. The van der Waals surface area contributed by atoms with E-state index in [2.05, 4.69) is 4.98 Å². The predicted octanol–water partition coefficient (Wildman–Crippen LogP) is 2.71. The Hall–Kier alpha value is -1.87. The smallest absolute Gasteiger partial charge is 0.119 e. The third-order valence-electron chi connectivity index (χ3n) is 2.52. The van der Waals surface area contributed by atoms with Crippen LogP contribution in [-0.2, 0) is 6.61 Å². The zero-order valence-electron chi connectivity index (χ0n) is 9.71. The minimum Gasteiger partial charge on any atom is -0.489 e. The van der Waals surface area contributed by atoms with Gasteiger partial charge in [0.1, 0.15) is 12.4 Å². The Morgan fingerprint density at radius 3 is 2.35 bits per heavy atom. The van der Waals surface area contributed by atoms with Crippen molar-refractivity contribution in [3.63, 3.8) is 0 Å². The summed E-state index contributed by atoms with van der Waals surface area (Å²) in [6.07, 6.45) is 3.05. The standard InChI is InChI=1S/C14H15NO2/c1-11(16)13-2-4-14(5-3-13)17-10-12-6-8-15-9-7-12/h2-9,11,16H,10H2,1H3/t11-/m0/s1. The van der Waals surface area contributed by atoms with Crippen molar-refractivity contribution in [2.45, 2.75) is 19.6 Å². The maximum atomic E-state index is 9.37. The van der Waals surface area contributed by atoms with E-state index in [1.54, 1.807) is 19.3 Å². The van der Waals surface area contributed by atoms with E-state index in [4.69, 9.17) is 4.74 Å². The van der Waals surface area contributed by atoms with Crippen molar-refractivity contribution in [1.29, 1.82) is 0 Å². The van der Waals surface area contributed by atoms with Crippen LogP contribution >= 0.6 is 0 Å². The van der Waals surface area contributed by atoms with Crippen LogP contribution in [0.5, 0.6) is 5.75 Å². The Balaban J connectivity index is 1.96. The minimum atomic E-state index is -0.441. The molecule has 1 aromatic heterocycles. The van der Waals surface area contributed by atoms with Crippen LogP contribution in [0.1, 0.15) is 24.2 Å². The number of hydrogen-bond donors (Lipinski definition) is 1. The summed E-state index contributed by atoms with van der Waals surface area (Å²) in [5, 5.41) is 9.37. The van der Waals surface area contributed by atoms with Gasteiger partial charge >= 0.3 is 0 Å². The Morgan fingerprint density at radius 2 is 1.76 bits per heavy atom. The quantitative estimate of drug-likeness (QED) is 0.876. The van der Waals surface area contributed by atoms with Gasteiger partial charge in [0.2, 0.25) is 0 Å². The maximum absolute atomic E-state index is 9.37. The van der Waals surface area contributed by atoms with E-state index in [9.17, 15) is 5.11 Å². The molecular weight excluding hydrogens is 214 g/mol. The lowest BCUT2D eigenvalue weighted by Crippen LogP contribution is -1.96. The molecule has 0 aliphatic heterocycles. The van der Waals surface area contributed by atoms with E-state index in [1.807, 2.05) is 36.4 Å². The highest BCUT2D eigenvalue weighted by molar-refractivity contribution is 5.28. The zero-order valence-corrected chi connectivity index (χ0v) is 9.71. The number of aliphatic hydroxyl groups excluding tert-OH is 1. The van der Waals surface area contributed by atoms with Crippen LogP contribution in [0.4, 0.5) is 0 Å². The van der Waals surface area contributed by atoms with E-state index in [0.717, 1.165) is 16.9 Å². The number of nitrogens with zero attached hydrogens (tertiary/aromatic N) is 1. The topological polar surface area (TPSA) is 42.4 Å². The Morgan fingerprint density at radius 1 is 1.12 bits per heavy atom. The predicted molar refractivity (Wildman–Crippen MR) is 65.6 cm³/mol. The van der Waals surface area contributed by atoms with Gasteiger partial charge in [-0.25, -0.2) is 0 Å². The second-order valence-corrected chi connectivity index (χ2v) is 3.89. The molecule has 2 rings (SSSR count). The van der Waals surface area contributed by atoms with Crippen molar-refractivity contribution in [3.8, 4) is 5.75 Å². The van der Waals surface area contributed by atoms with Crippen LogP contribution in [0.2, 0.25) is 0 Å². The molecule has 2 aromatic rings. The van der Waals surface area contributed by atoms with Gasteiger partial charge in [-0.2, -0.15) is 0 Å². The molecule has 1 heterocycles. The van der Waals surface area contributed by atoms with Crippen LogP contribution in [0.15, 0.2) is 48.8 Å². The van der Waals surface area contributed by atoms with Crippen LogP contribution in [0.25, 0.3) is 0 Å². The molecule has 1 aromatic carbocycles. The van der Waals surface area contributed by atoms with Crippen LogP contribution in [-0.4, -0.2) is 10.1 Å². The van der Waals surface area contributed by atoms with Gasteiger partial charge in [-0.15, -0.1) is 0 Å². The summed E-state index contributed by atoms with van der Waals surface area (Å²) in [4.78, 5) is 3.95. The van der Waals surface area contributed by atoms with E-state index in [0.29, 0.717) is 6.61 Å². The normalized spacial score (nSPS) is 12.1. The first-order valence-corrected chi connectivity index (χ1v) is 5.55. The Bertz CT molecular complexity index is 451. The summed E-state index contributed by atoms with van der Waals surface area (Å²) in [7, 11) is 0.